The first-order valence-electron chi connectivity index (χ1n) is 5.16. The number of hydrogen-bond donors (Lipinski definition) is 1. The number of sulfonamides is 1. The van der Waals surface area contributed by atoms with Gasteiger partial charge in [-0.2, -0.15) is 0 Å². The summed E-state index contributed by atoms with van der Waals surface area (Å²) in [6.45, 7) is -0.306. The summed E-state index contributed by atoms with van der Waals surface area (Å²) >= 11 is 5.69. The number of hydrogen-bond acceptors (Lipinski definition) is 3. The molecular weight excluding hydrogens is 302 g/mol. The lowest BCUT2D eigenvalue weighted by atomic mass is 10.2. The molecule has 1 aliphatic heterocycles. The molecule has 1 heterocycles. The minimum absolute atomic E-state index is 0.305. The molecule has 1 fully saturated rings. The first-order valence-corrected chi connectivity index (χ1v) is 7.15. The van der Waals surface area contributed by atoms with Crippen molar-refractivity contribution in [3.8, 4) is 0 Å². The van der Waals surface area contributed by atoms with E-state index >= 15 is 0 Å². The average molecular weight is 311 g/mol. The predicted octanol–water partition coefficient (Wildman–Crippen LogP) is 1.01. The minimum Gasteiger partial charge on any atom is -0.307 e. The van der Waals surface area contributed by atoms with Gasteiger partial charge in [-0.3, -0.25) is 4.79 Å². The number of carbonyl (C=O) groups excluding carboxylic acids is 1. The molecule has 1 saturated heterocycles. The topological polar surface area (TPSA) is 80.5 Å². The molecule has 0 saturated carbocycles. The lowest BCUT2D eigenvalue weighted by Gasteiger charge is -2.18. The molecule has 1 unspecified atom stereocenters. The lowest BCUT2D eigenvalue weighted by Crippen LogP contribution is -2.32. The van der Waals surface area contributed by atoms with E-state index in [0.717, 1.165) is 11.0 Å². The van der Waals surface area contributed by atoms with E-state index in [1.165, 1.54) is 0 Å². The summed E-state index contributed by atoms with van der Waals surface area (Å²) in [7, 11) is -3.91. The molecular formula is C10H9ClF2N2O3S. The van der Waals surface area contributed by atoms with Crippen LogP contribution >= 0.6 is 11.6 Å². The van der Waals surface area contributed by atoms with Crippen molar-refractivity contribution in [3.05, 3.63) is 28.8 Å². The predicted molar refractivity (Wildman–Crippen MR) is 65.2 cm³/mol. The van der Waals surface area contributed by atoms with Gasteiger partial charge in [0.05, 0.1) is 10.7 Å². The fourth-order valence-corrected chi connectivity index (χ4v) is 2.93. The number of rotatable bonds is 2. The molecule has 0 bridgehead atoms. The number of anilines is 1. The highest BCUT2D eigenvalue weighted by Gasteiger charge is 2.39. The SMILES string of the molecule is NS(=O)(=O)C1CC(=O)N(c2c(F)cc(F)cc2Cl)C1. The molecule has 2 N–H and O–H groups in total. The van der Waals surface area contributed by atoms with Gasteiger partial charge in [-0.1, -0.05) is 11.6 Å². The Morgan fingerprint density at radius 1 is 1.37 bits per heavy atom. The van der Waals surface area contributed by atoms with E-state index in [-0.39, 0.29) is 23.7 Å². The van der Waals surface area contributed by atoms with E-state index in [1.54, 1.807) is 0 Å². The Labute approximate surface area is 113 Å². The molecule has 2 rings (SSSR count). The minimum atomic E-state index is -3.91. The zero-order valence-electron chi connectivity index (χ0n) is 9.44. The van der Waals surface area contributed by atoms with Crippen molar-refractivity contribution in [3.63, 3.8) is 0 Å². The number of halogens is 3. The van der Waals surface area contributed by atoms with Gasteiger partial charge in [0.2, 0.25) is 15.9 Å². The lowest BCUT2D eigenvalue weighted by molar-refractivity contribution is -0.117. The summed E-state index contributed by atoms with van der Waals surface area (Å²) in [5.74, 6) is -2.55. The number of carbonyl (C=O) groups is 1. The van der Waals surface area contributed by atoms with Gasteiger partial charge in [0, 0.05) is 19.0 Å². The fourth-order valence-electron chi connectivity index (χ4n) is 1.90. The van der Waals surface area contributed by atoms with Crippen molar-refractivity contribution in [1.29, 1.82) is 0 Å². The van der Waals surface area contributed by atoms with Crippen LogP contribution in [0.5, 0.6) is 0 Å². The number of amides is 1. The third-order valence-corrected chi connectivity index (χ3v) is 4.34. The molecule has 0 radical (unpaired) electrons. The molecule has 9 heteroatoms. The molecule has 1 atom stereocenters. The number of nitrogens with zero attached hydrogens (tertiary/aromatic N) is 1. The molecule has 19 heavy (non-hydrogen) atoms. The van der Waals surface area contributed by atoms with Crippen LogP contribution in [0.3, 0.4) is 0 Å². The monoisotopic (exact) mass is 310 g/mol. The van der Waals surface area contributed by atoms with E-state index in [1.807, 2.05) is 0 Å². The van der Waals surface area contributed by atoms with Crippen LogP contribution in [-0.4, -0.2) is 26.1 Å². The zero-order valence-corrected chi connectivity index (χ0v) is 11.0. The Morgan fingerprint density at radius 2 is 2.00 bits per heavy atom. The molecule has 5 nitrogen and oxygen atoms in total. The van der Waals surface area contributed by atoms with Crippen molar-refractivity contribution in [2.75, 3.05) is 11.4 Å². The van der Waals surface area contributed by atoms with Crippen LogP contribution in [0.1, 0.15) is 6.42 Å². The molecule has 1 aromatic rings. The first kappa shape index (κ1) is 14.2. The molecule has 0 aliphatic carbocycles. The van der Waals surface area contributed by atoms with E-state index in [0.29, 0.717) is 6.07 Å². The summed E-state index contributed by atoms with van der Waals surface area (Å²) in [4.78, 5) is 12.6. The number of primary sulfonamides is 1. The van der Waals surface area contributed by atoms with Gasteiger partial charge in [-0.05, 0) is 6.07 Å². The molecule has 0 spiro atoms. The second-order valence-corrected chi connectivity index (χ2v) is 6.39. The standard InChI is InChI=1S/C10H9ClF2N2O3S/c11-7-1-5(12)2-8(13)10(7)15-4-6(3-9(15)16)19(14,17)18/h1-2,6H,3-4H2,(H2,14,17,18). The largest absolute Gasteiger partial charge is 0.307 e. The highest BCUT2D eigenvalue weighted by Crippen LogP contribution is 2.33. The van der Waals surface area contributed by atoms with E-state index in [4.69, 9.17) is 16.7 Å². The van der Waals surface area contributed by atoms with Crippen LogP contribution < -0.4 is 10.0 Å². The van der Waals surface area contributed by atoms with Gasteiger partial charge in [0.1, 0.15) is 11.1 Å². The maximum atomic E-state index is 13.7. The quantitative estimate of drug-likeness (QED) is 0.885. The summed E-state index contributed by atoms with van der Waals surface area (Å²) < 4.78 is 49.0. The second kappa shape index (κ2) is 4.69. The van der Waals surface area contributed by atoms with Crippen LogP contribution in [0.4, 0.5) is 14.5 Å². The first-order chi connectivity index (χ1) is 8.70. The molecule has 1 aliphatic rings. The Kier molecular flexibility index (Phi) is 3.50. The van der Waals surface area contributed by atoms with Crippen molar-refractivity contribution in [1.82, 2.24) is 0 Å². The van der Waals surface area contributed by atoms with Crippen molar-refractivity contribution in [2.24, 2.45) is 5.14 Å². The van der Waals surface area contributed by atoms with E-state index in [2.05, 4.69) is 0 Å². The Bertz CT molecular complexity index is 627. The summed E-state index contributed by atoms with van der Waals surface area (Å²) in [5.41, 5.74) is -0.334. The fraction of sp³-hybridized carbons (Fsp3) is 0.300. The van der Waals surface area contributed by atoms with Gasteiger partial charge < -0.3 is 4.90 Å². The van der Waals surface area contributed by atoms with Crippen molar-refractivity contribution >= 4 is 33.2 Å². The van der Waals surface area contributed by atoms with E-state index < -0.39 is 32.8 Å². The smallest absolute Gasteiger partial charge is 0.228 e. The van der Waals surface area contributed by atoms with Crippen molar-refractivity contribution < 1.29 is 22.0 Å². The van der Waals surface area contributed by atoms with Gasteiger partial charge in [0.15, 0.2) is 5.82 Å². The highest BCUT2D eigenvalue weighted by atomic mass is 35.5. The number of benzene rings is 1. The molecule has 104 valence electrons. The van der Waals surface area contributed by atoms with Gasteiger partial charge in [-0.25, -0.2) is 22.3 Å². The maximum absolute atomic E-state index is 13.7. The second-order valence-electron chi connectivity index (χ2n) is 4.14. The van der Waals surface area contributed by atoms with Gasteiger partial charge in [0.25, 0.3) is 0 Å². The molecule has 0 aromatic heterocycles. The summed E-state index contributed by atoms with van der Waals surface area (Å²) in [6, 6.07) is 1.41. The van der Waals surface area contributed by atoms with Gasteiger partial charge in [-0.15, -0.1) is 0 Å². The van der Waals surface area contributed by atoms with Gasteiger partial charge >= 0.3 is 0 Å². The average Bonchev–Trinajstić information content (AvgIpc) is 2.59. The van der Waals surface area contributed by atoms with E-state index in [9.17, 15) is 22.0 Å². The summed E-state index contributed by atoms with van der Waals surface area (Å²) in [6.07, 6.45) is -0.355. The number of nitrogens with two attached hydrogens (primary N) is 1. The van der Waals surface area contributed by atoms with Crippen LogP contribution in [-0.2, 0) is 14.8 Å². The normalized spacial score (nSPS) is 20.1. The molecule has 1 aromatic carbocycles. The summed E-state index contributed by atoms with van der Waals surface area (Å²) in [5, 5.41) is 3.52. The third kappa shape index (κ3) is 2.70. The van der Waals surface area contributed by atoms with Crippen LogP contribution in [0, 0.1) is 11.6 Å². The zero-order chi connectivity index (χ0) is 14.4. The van der Waals surface area contributed by atoms with Crippen LogP contribution in [0.15, 0.2) is 12.1 Å². The Morgan fingerprint density at radius 3 is 2.47 bits per heavy atom. The molecule has 1 amide bonds. The Hall–Kier alpha value is -1.25. The van der Waals surface area contributed by atoms with Crippen LogP contribution in [0.25, 0.3) is 0 Å². The Balaban J connectivity index is 2.42. The third-order valence-electron chi connectivity index (χ3n) is 2.81. The van der Waals surface area contributed by atoms with Crippen molar-refractivity contribution in [2.45, 2.75) is 11.7 Å². The maximum Gasteiger partial charge on any atom is 0.228 e. The van der Waals surface area contributed by atoms with Crippen LogP contribution in [0.2, 0.25) is 5.02 Å². The highest BCUT2D eigenvalue weighted by molar-refractivity contribution is 7.89.